The van der Waals surface area contributed by atoms with Gasteiger partial charge in [-0.2, -0.15) is 0 Å². The predicted molar refractivity (Wildman–Crippen MR) is 107 cm³/mol. The maximum absolute atomic E-state index is 11.6. The molecule has 0 spiro atoms. The zero-order valence-electron chi connectivity index (χ0n) is 14.7. The number of hydrogen-bond acceptors (Lipinski definition) is 4. The molecule has 0 saturated carbocycles. The van der Waals surface area contributed by atoms with E-state index in [2.05, 4.69) is 11.9 Å². The Morgan fingerprint density at radius 1 is 1.04 bits per heavy atom. The Bertz CT molecular complexity index is 849. The second-order valence-corrected chi connectivity index (χ2v) is 7.02. The van der Waals surface area contributed by atoms with Gasteiger partial charge in [-0.3, -0.25) is 4.79 Å². The molecule has 0 aliphatic carbocycles. The Hall–Kier alpha value is -2.38. The lowest BCUT2D eigenvalue weighted by Gasteiger charge is -2.25. The van der Waals surface area contributed by atoms with E-state index in [-0.39, 0.29) is 6.42 Å². The average Bonchev–Trinajstić information content (AvgIpc) is 2.65. The lowest BCUT2D eigenvalue weighted by molar-refractivity contribution is -0.154. The van der Waals surface area contributed by atoms with Gasteiger partial charge in [0.25, 0.3) is 0 Å². The highest BCUT2D eigenvalue weighted by Crippen LogP contribution is 2.27. The molecule has 2 rings (SSSR count). The van der Waals surface area contributed by atoms with Crippen LogP contribution in [-0.4, -0.2) is 45.4 Å². The molecule has 6 nitrogen and oxygen atoms in total. The number of aliphatic hydroxyl groups excluding tert-OH is 2. The number of aliphatic hydroxyl groups is 2. The number of rotatable bonds is 8. The van der Waals surface area contributed by atoms with Crippen LogP contribution < -0.4 is 5.32 Å². The van der Waals surface area contributed by atoms with Crippen LogP contribution in [0.1, 0.15) is 5.56 Å². The summed E-state index contributed by atoms with van der Waals surface area (Å²) >= 11 is 12.0. The minimum atomic E-state index is -2.04. The number of carbonyl (C=O) groups excluding carboxylic acids is 1. The topological polar surface area (TPSA) is 107 Å². The van der Waals surface area contributed by atoms with Gasteiger partial charge in [0.2, 0.25) is 5.91 Å². The highest BCUT2D eigenvalue weighted by Gasteiger charge is 2.32. The standard InChI is InChI=1S/C20H19Cl2NO5/c1-2-17(24)23-16(18(25)19(26)20(27)28)7-11-3-5-12(6-4-11)13-8-14(21)10-15(22)9-13/h2-6,8-10,16,18-19,25-26H,1,7H2,(H,23,24)(H,27,28)/t16-,18-,19+/m1/s1. The highest BCUT2D eigenvalue weighted by molar-refractivity contribution is 6.35. The number of hydrogen-bond donors (Lipinski definition) is 4. The van der Waals surface area contributed by atoms with E-state index >= 15 is 0 Å². The maximum atomic E-state index is 11.6. The van der Waals surface area contributed by atoms with Crippen LogP contribution in [0, 0.1) is 0 Å². The fourth-order valence-corrected chi connectivity index (χ4v) is 3.20. The van der Waals surface area contributed by atoms with Crippen LogP contribution in [0.4, 0.5) is 0 Å². The Kier molecular flexibility index (Phi) is 7.60. The van der Waals surface area contributed by atoms with Crippen LogP contribution in [0.15, 0.2) is 55.1 Å². The first kappa shape index (κ1) is 21.9. The molecule has 0 fully saturated rings. The van der Waals surface area contributed by atoms with Crippen LogP contribution in [0.5, 0.6) is 0 Å². The summed E-state index contributed by atoms with van der Waals surface area (Å²) in [5.41, 5.74) is 2.38. The van der Waals surface area contributed by atoms with Crippen molar-refractivity contribution in [1.29, 1.82) is 0 Å². The van der Waals surface area contributed by atoms with Gasteiger partial charge in [-0.25, -0.2) is 4.79 Å². The van der Waals surface area contributed by atoms with Crippen LogP contribution in [0.3, 0.4) is 0 Å². The number of carbonyl (C=O) groups is 2. The van der Waals surface area contributed by atoms with Crippen molar-refractivity contribution in [2.45, 2.75) is 24.7 Å². The molecular weight excluding hydrogens is 405 g/mol. The van der Waals surface area contributed by atoms with E-state index in [0.29, 0.717) is 15.6 Å². The first-order valence-electron chi connectivity index (χ1n) is 8.28. The third kappa shape index (κ3) is 5.81. The maximum Gasteiger partial charge on any atom is 0.335 e. The van der Waals surface area contributed by atoms with Crippen LogP contribution in [0.2, 0.25) is 10.0 Å². The second-order valence-electron chi connectivity index (χ2n) is 6.15. The lowest BCUT2D eigenvalue weighted by Crippen LogP contribution is -2.51. The minimum absolute atomic E-state index is 0.0989. The first-order chi connectivity index (χ1) is 13.2. The average molecular weight is 424 g/mol. The fraction of sp³-hybridized carbons (Fsp3) is 0.200. The lowest BCUT2D eigenvalue weighted by atomic mass is 9.96. The molecule has 1 amide bonds. The minimum Gasteiger partial charge on any atom is -0.479 e. The normalized spacial score (nSPS) is 14.0. The predicted octanol–water partition coefficient (Wildman–Crippen LogP) is 2.68. The van der Waals surface area contributed by atoms with Gasteiger partial charge < -0.3 is 20.6 Å². The van der Waals surface area contributed by atoms with Crippen LogP contribution in [-0.2, 0) is 16.0 Å². The fourth-order valence-electron chi connectivity index (χ4n) is 2.67. The van der Waals surface area contributed by atoms with Crippen molar-refractivity contribution in [1.82, 2.24) is 5.32 Å². The van der Waals surface area contributed by atoms with Crippen molar-refractivity contribution in [3.8, 4) is 11.1 Å². The van der Waals surface area contributed by atoms with Crippen molar-refractivity contribution >= 4 is 35.1 Å². The SMILES string of the molecule is C=CC(=O)N[C@H](Cc1ccc(-c2cc(Cl)cc(Cl)c2)cc1)[C@@H](O)[C@H](O)C(=O)O. The number of carboxylic acids is 1. The molecule has 148 valence electrons. The van der Waals surface area contributed by atoms with Crippen molar-refractivity contribution in [2.24, 2.45) is 0 Å². The number of benzene rings is 2. The highest BCUT2D eigenvalue weighted by atomic mass is 35.5. The van der Waals surface area contributed by atoms with E-state index in [1.807, 2.05) is 12.1 Å². The van der Waals surface area contributed by atoms with Crippen molar-refractivity contribution in [2.75, 3.05) is 0 Å². The zero-order valence-corrected chi connectivity index (χ0v) is 16.2. The van der Waals surface area contributed by atoms with Crippen molar-refractivity contribution < 1.29 is 24.9 Å². The van der Waals surface area contributed by atoms with Crippen molar-refractivity contribution in [3.05, 3.63) is 70.7 Å². The molecule has 2 aromatic rings. The van der Waals surface area contributed by atoms with E-state index in [4.69, 9.17) is 28.3 Å². The number of amides is 1. The molecule has 0 heterocycles. The van der Waals surface area contributed by atoms with E-state index in [0.717, 1.165) is 17.2 Å². The summed E-state index contributed by atoms with van der Waals surface area (Å²) in [4.78, 5) is 22.6. The number of nitrogens with one attached hydrogen (secondary N) is 1. The van der Waals surface area contributed by atoms with E-state index < -0.39 is 30.1 Å². The van der Waals surface area contributed by atoms with Gasteiger partial charge in [0.1, 0.15) is 6.10 Å². The van der Waals surface area contributed by atoms with Gasteiger partial charge >= 0.3 is 5.97 Å². The third-order valence-electron chi connectivity index (χ3n) is 4.11. The number of halogens is 2. The molecule has 2 aromatic carbocycles. The van der Waals surface area contributed by atoms with E-state index in [9.17, 15) is 19.8 Å². The summed E-state index contributed by atoms with van der Waals surface area (Å²) in [6, 6.07) is 11.3. The summed E-state index contributed by atoms with van der Waals surface area (Å²) in [6.07, 6.45) is -2.64. The van der Waals surface area contributed by atoms with Crippen LogP contribution in [0.25, 0.3) is 11.1 Å². The van der Waals surface area contributed by atoms with E-state index in [1.165, 1.54) is 0 Å². The number of carboxylic acid groups (broad SMARTS) is 1. The molecule has 8 heteroatoms. The Balaban J connectivity index is 2.22. The molecule has 28 heavy (non-hydrogen) atoms. The molecule has 0 bridgehead atoms. The largest absolute Gasteiger partial charge is 0.479 e. The summed E-state index contributed by atoms with van der Waals surface area (Å²) in [5.74, 6) is -2.18. The van der Waals surface area contributed by atoms with Gasteiger partial charge in [0, 0.05) is 10.0 Å². The van der Waals surface area contributed by atoms with E-state index in [1.54, 1.807) is 30.3 Å². The monoisotopic (exact) mass is 423 g/mol. The van der Waals surface area contributed by atoms with Gasteiger partial charge in [-0.15, -0.1) is 0 Å². The summed E-state index contributed by atoms with van der Waals surface area (Å²) in [7, 11) is 0. The first-order valence-corrected chi connectivity index (χ1v) is 9.04. The summed E-state index contributed by atoms with van der Waals surface area (Å²) < 4.78 is 0. The molecule has 3 atom stereocenters. The molecule has 0 aliphatic rings. The zero-order chi connectivity index (χ0) is 20.8. The smallest absolute Gasteiger partial charge is 0.335 e. The quantitative estimate of drug-likeness (QED) is 0.488. The van der Waals surface area contributed by atoms with Gasteiger partial charge in [-0.1, -0.05) is 54.0 Å². The molecule has 0 aliphatic heterocycles. The van der Waals surface area contributed by atoms with Crippen molar-refractivity contribution in [3.63, 3.8) is 0 Å². The molecule has 0 radical (unpaired) electrons. The Morgan fingerprint density at radius 3 is 2.11 bits per heavy atom. The third-order valence-corrected chi connectivity index (χ3v) is 4.54. The molecule has 0 unspecified atom stereocenters. The Morgan fingerprint density at radius 2 is 1.61 bits per heavy atom. The molecule has 0 saturated heterocycles. The summed E-state index contributed by atoms with van der Waals surface area (Å²) in [5, 5.41) is 32.1. The summed E-state index contributed by atoms with van der Waals surface area (Å²) in [6.45, 7) is 3.33. The van der Waals surface area contributed by atoms with Gasteiger partial charge in [0.05, 0.1) is 6.04 Å². The van der Waals surface area contributed by atoms with Gasteiger partial charge in [-0.05, 0) is 47.4 Å². The number of aliphatic carboxylic acids is 1. The van der Waals surface area contributed by atoms with Gasteiger partial charge in [0.15, 0.2) is 6.10 Å². The molecule has 0 aromatic heterocycles. The Labute approximate surface area is 172 Å². The second kappa shape index (κ2) is 9.71. The molecule has 4 N–H and O–H groups in total. The molecular formula is C20H19Cl2NO5. The van der Waals surface area contributed by atoms with Crippen LogP contribution >= 0.6 is 23.2 Å².